The van der Waals surface area contributed by atoms with Crippen LogP contribution in [0.3, 0.4) is 0 Å². The maximum Gasteiger partial charge on any atom is 0.294 e. The Morgan fingerprint density at radius 3 is 2.52 bits per heavy atom. The molecule has 10 heteroatoms. The van der Waals surface area contributed by atoms with Gasteiger partial charge in [-0.2, -0.15) is 8.42 Å². The number of nitrogens with zero attached hydrogens (tertiary/aromatic N) is 2. The van der Waals surface area contributed by atoms with E-state index in [-0.39, 0.29) is 11.5 Å². The van der Waals surface area contributed by atoms with Gasteiger partial charge in [-0.1, -0.05) is 22.9 Å². The van der Waals surface area contributed by atoms with Crippen molar-refractivity contribution in [3.63, 3.8) is 0 Å². The predicted molar refractivity (Wildman–Crippen MR) is 95.8 cm³/mol. The fourth-order valence-corrected chi connectivity index (χ4v) is 3.64. The minimum Gasteiger partial charge on any atom is -0.391 e. The van der Waals surface area contributed by atoms with E-state index < -0.39 is 10.1 Å². The molecule has 1 aromatic carbocycles. The highest BCUT2D eigenvalue weighted by atomic mass is 35.5. The van der Waals surface area contributed by atoms with Crippen LogP contribution in [-0.4, -0.2) is 28.0 Å². The Morgan fingerprint density at radius 2 is 1.92 bits per heavy atom. The number of rotatable bonds is 5. The monoisotopic (exact) mass is 397 g/mol. The summed E-state index contributed by atoms with van der Waals surface area (Å²) in [4.78, 5) is 8.83. The van der Waals surface area contributed by atoms with Crippen molar-refractivity contribution in [1.82, 2.24) is 9.97 Å². The smallest absolute Gasteiger partial charge is 0.294 e. The van der Waals surface area contributed by atoms with Gasteiger partial charge in [-0.25, -0.2) is 9.97 Å². The summed E-state index contributed by atoms with van der Waals surface area (Å²) in [7, 11) is -4.23. The number of pyridine rings is 1. The lowest BCUT2D eigenvalue weighted by atomic mass is 10.2. The van der Waals surface area contributed by atoms with Crippen LogP contribution in [0.15, 0.2) is 47.5 Å². The van der Waals surface area contributed by atoms with Crippen LogP contribution >= 0.6 is 22.9 Å². The molecule has 3 rings (SSSR count). The van der Waals surface area contributed by atoms with Gasteiger partial charge in [0.05, 0.1) is 22.1 Å². The van der Waals surface area contributed by atoms with Gasteiger partial charge in [0, 0.05) is 17.4 Å². The van der Waals surface area contributed by atoms with Gasteiger partial charge in [0.1, 0.15) is 5.15 Å². The summed E-state index contributed by atoms with van der Waals surface area (Å²) in [6.45, 7) is -0.184. The van der Waals surface area contributed by atoms with Crippen LogP contribution in [0, 0.1) is 0 Å². The lowest BCUT2D eigenvalue weighted by Crippen LogP contribution is -1.98. The summed E-state index contributed by atoms with van der Waals surface area (Å²) in [6.07, 6.45) is 1.55. The minimum atomic E-state index is -4.23. The van der Waals surface area contributed by atoms with Gasteiger partial charge < -0.3 is 10.4 Å². The van der Waals surface area contributed by atoms with E-state index in [9.17, 15) is 13.5 Å². The van der Waals surface area contributed by atoms with Crippen molar-refractivity contribution in [3.05, 3.63) is 52.6 Å². The van der Waals surface area contributed by atoms with Crippen LogP contribution in [0.25, 0.3) is 11.3 Å². The minimum absolute atomic E-state index is 0.184. The molecule has 0 aliphatic carbocycles. The normalized spacial score (nSPS) is 11.5. The Balaban J connectivity index is 1.89. The SMILES string of the molecule is O=S(=O)(O)c1ccc(Nc2nc(-c3ccnc(Cl)c3)c(CO)s2)cc1. The number of thiazole rings is 1. The average molecular weight is 398 g/mol. The van der Waals surface area contributed by atoms with E-state index in [1.165, 1.54) is 35.6 Å². The van der Waals surface area contributed by atoms with Crippen molar-refractivity contribution in [1.29, 1.82) is 0 Å². The quantitative estimate of drug-likeness (QED) is 0.447. The fourth-order valence-electron chi connectivity index (χ4n) is 2.12. The third-order valence-electron chi connectivity index (χ3n) is 3.24. The number of halogens is 1. The standard InChI is InChI=1S/C15H12ClN3O4S2/c16-13-7-9(5-6-17-13)14-12(8-20)24-15(19-14)18-10-1-3-11(4-2-10)25(21,22)23/h1-7,20H,8H2,(H,18,19)(H,21,22,23). The molecular weight excluding hydrogens is 386 g/mol. The van der Waals surface area contributed by atoms with E-state index in [0.29, 0.717) is 26.5 Å². The molecule has 0 aliphatic rings. The summed E-state index contributed by atoms with van der Waals surface area (Å²) >= 11 is 7.16. The number of nitrogens with one attached hydrogen (secondary N) is 1. The summed E-state index contributed by atoms with van der Waals surface area (Å²) in [5.41, 5.74) is 1.91. The Labute approximate surface area is 152 Å². The number of aliphatic hydroxyl groups is 1. The first kappa shape index (κ1) is 17.8. The Bertz CT molecular complexity index is 1000. The van der Waals surface area contributed by atoms with Gasteiger partial charge in [-0.05, 0) is 36.4 Å². The molecule has 0 unspecified atom stereocenters. The first-order valence-electron chi connectivity index (χ1n) is 6.94. The van der Waals surface area contributed by atoms with Gasteiger partial charge in [-0.3, -0.25) is 4.55 Å². The molecule has 0 radical (unpaired) electrons. The third kappa shape index (κ3) is 4.14. The van der Waals surface area contributed by atoms with Gasteiger partial charge in [0.25, 0.3) is 10.1 Å². The molecule has 0 bridgehead atoms. The average Bonchev–Trinajstić information content (AvgIpc) is 2.97. The Kier molecular flexibility index (Phi) is 5.02. The molecule has 3 N–H and O–H groups in total. The molecule has 0 atom stereocenters. The van der Waals surface area contributed by atoms with Crippen LogP contribution in [0.4, 0.5) is 10.8 Å². The van der Waals surface area contributed by atoms with Crippen LogP contribution in [0.2, 0.25) is 5.15 Å². The Morgan fingerprint density at radius 1 is 1.20 bits per heavy atom. The highest BCUT2D eigenvalue weighted by molar-refractivity contribution is 7.85. The molecule has 130 valence electrons. The molecule has 2 aromatic heterocycles. The Hall–Kier alpha value is -2.04. The molecular formula is C15H12ClN3O4S2. The largest absolute Gasteiger partial charge is 0.391 e. The van der Waals surface area contributed by atoms with E-state index in [4.69, 9.17) is 16.2 Å². The molecule has 3 aromatic rings. The number of benzene rings is 1. The second-order valence-electron chi connectivity index (χ2n) is 4.94. The fraction of sp³-hybridized carbons (Fsp3) is 0.0667. The molecule has 0 spiro atoms. The van der Waals surface area contributed by atoms with Crippen molar-refractivity contribution in [2.45, 2.75) is 11.5 Å². The molecule has 0 amide bonds. The van der Waals surface area contributed by atoms with E-state index in [0.717, 1.165) is 5.56 Å². The van der Waals surface area contributed by atoms with Crippen molar-refractivity contribution in [3.8, 4) is 11.3 Å². The highest BCUT2D eigenvalue weighted by Gasteiger charge is 2.14. The summed E-state index contributed by atoms with van der Waals surface area (Å²) in [5, 5.41) is 13.4. The summed E-state index contributed by atoms with van der Waals surface area (Å²) in [5.74, 6) is 0. The zero-order valence-corrected chi connectivity index (χ0v) is 14.9. The van der Waals surface area contributed by atoms with Gasteiger partial charge in [0.2, 0.25) is 0 Å². The van der Waals surface area contributed by atoms with Crippen molar-refractivity contribution in [2.75, 3.05) is 5.32 Å². The predicted octanol–water partition coefficient (Wildman–Crippen LogP) is 3.34. The van der Waals surface area contributed by atoms with E-state index in [1.807, 2.05) is 0 Å². The molecule has 2 heterocycles. The van der Waals surface area contributed by atoms with Crippen LogP contribution in [-0.2, 0) is 16.7 Å². The van der Waals surface area contributed by atoms with Gasteiger partial charge in [0.15, 0.2) is 5.13 Å². The number of aliphatic hydroxyl groups excluding tert-OH is 1. The van der Waals surface area contributed by atoms with Crippen molar-refractivity contribution in [2.24, 2.45) is 0 Å². The second-order valence-corrected chi connectivity index (χ2v) is 7.83. The maximum absolute atomic E-state index is 11.1. The lowest BCUT2D eigenvalue weighted by Gasteiger charge is -2.03. The van der Waals surface area contributed by atoms with Crippen LogP contribution in [0.5, 0.6) is 0 Å². The first-order valence-corrected chi connectivity index (χ1v) is 9.57. The van der Waals surface area contributed by atoms with Crippen molar-refractivity contribution >= 4 is 43.9 Å². The molecule has 0 aliphatic heterocycles. The molecule has 0 fully saturated rings. The zero-order valence-electron chi connectivity index (χ0n) is 12.5. The summed E-state index contributed by atoms with van der Waals surface area (Å²) in [6, 6.07) is 8.97. The number of aromatic nitrogens is 2. The maximum atomic E-state index is 11.1. The number of hydrogen-bond donors (Lipinski definition) is 3. The number of anilines is 2. The number of hydrogen-bond acceptors (Lipinski definition) is 7. The molecule has 0 saturated heterocycles. The van der Waals surface area contributed by atoms with Crippen LogP contribution < -0.4 is 5.32 Å². The zero-order chi connectivity index (χ0) is 18.0. The first-order chi connectivity index (χ1) is 11.9. The topological polar surface area (TPSA) is 112 Å². The summed E-state index contributed by atoms with van der Waals surface area (Å²) < 4.78 is 31.1. The van der Waals surface area contributed by atoms with Gasteiger partial charge >= 0.3 is 0 Å². The van der Waals surface area contributed by atoms with E-state index in [2.05, 4.69) is 15.3 Å². The highest BCUT2D eigenvalue weighted by Crippen LogP contribution is 2.33. The molecule has 25 heavy (non-hydrogen) atoms. The van der Waals surface area contributed by atoms with Crippen LogP contribution in [0.1, 0.15) is 4.88 Å². The third-order valence-corrected chi connectivity index (χ3v) is 5.27. The molecule has 7 nitrogen and oxygen atoms in total. The van der Waals surface area contributed by atoms with E-state index in [1.54, 1.807) is 18.3 Å². The second kappa shape index (κ2) is 7.06. The molecule has 0 saturated carbocycles. The van der Waals surface area contributed by atoms with Crippen molar-refractivity contribution < 1.29 is 18.1 Å². The van der Waals surface area contributed by atoms with E-state index >= 15 is 0 Å². The lowest BCUT2D eigenvalue weighted by molar-refractivity contribution is 0.286. The van der Waals surface area contributed by atoms with Gasteiger partial charge in [-0.15, -0.1) is 0 Å².